The normalized spacial score (nSPS) is 12.0. The summed E-state index contributed by atoms with van der Waals surface area (Å²) < 4.78 is 14.7. The maximum atomic E-state index is 13.1. The SMILES string of the molecule is CCCNC(SC)=C(C(=O)c1ccc(F)cc1)n1ccnc1. The Morgan fingerprint density at radius 1 is 1.36 bits per heavy atom. The number of imidazole rings is 1. The molecule has 2 aromatic rings. The molecule has 0 bridgehead atoms. The molecule has 1 aromatic heterocycles. The van der Waals surface area contributed by atoms with Crippen molar-refractivity contribution in [2.45, 2.75) is 13.3 Å². The molecule has 2 rings (SSSR count). The summed E-state index contributed by atoms with van der Waals surface area (Å²) in [5.41, 5.74) is 0.931. The number of aromatic nitrogens is 2. The lowest BCUT2D eigenvalue weighted by Crippen LogP contribution is -2.19. The third-order valence-corrected chi connectivity index (χ3v) is 3.78. The van der Waals surface area contributed by atoms with E-state index in [0.29, 0.717) is 11.3 Å². The van der Waals surface area contributed by atoms with Crippen LogP contribution in [-0.2, 0) is 0 Å². The molecule has 6 heteroatoms. The fourth-order valence-electron chi connectivity index (χ4n) is 1.96. The largest absolute Gasteiger partial charge is 0.378 e. The molecule has 1 aromatic carbocycles. The van der Waals surface area contributed by atoms with Crippen molar-refractivity contribution >= 4 is 23.2 Å². The first-order valence-corrected chi connectivity index (χ1v) is 8.20. The van der Waals surface area contributed by atoms with Gasteiger partial charge in [-0.15, -0.1) is 11.8 Å². The molecule has 0 spiro atoms. The Morgan fingerprint density at radius 2 is 2.09 bits per heavy atom. The number of Topliss-reactive ketones (excluding diaryl/α,β-unsaturated/α-hetero) is 1. The number of carbonyl (C=O) groups excluding carboxylic acids is 1. The predicted octanol–water partition coefficient (Wildman–Crippen LogP) is 3.39. The number of nitrogens with one attached hydrogen (secondary N) is 1. The Balaban J connectivity index is 2.46. The summed E-state index contributed by atoms with van der Waals surface area (Å²) in [4.78, 5) is 16.8. The van der Waals surface area contributed by atoms with Gasteiger partial charge < -0.3 is 9.88 Å². The fraction of sp³-hybridized carbons (Fsp3) is 0.250. The molecular formula is C16H18FN3OS. The van der Waals surface area contributed by atoms with Crippen molar-refractivity contribution in [1.29, 1.82) is 0 Å². The van der Waals surface area contributed by atoms with Gasteiger partial charge >= 0.3 is 0 Å². The van der Waals surface area contributed by atoms with Crippen LogP contribution in [0.3, 0.4) is 0 Å². The smallest absolute Gasteiger partial charge is 0.212 e. The number of nitrogens with zero attached hydrogens (tertiary/aromatic N) is 2. The highest BCUT2D eigenvalue weighted by Gasteiger charge is 2.19. The summed E-state index contributed by atoms with van der Waals surface area (Å²) in [7, 11) is 0. The molecule has 0 atom stereocenters. The van der Waals surface area contributed by atoms with Crippen LogP contribution in [0.15, 0.2) is 48.0 Å². The van der Waals surface area contributed by atoms with Crippen LogP contribution in [0, 0.1) is 5.82 Å². The van der Waals surface area contributed by atoms with Gasteiger partial charge in [0.05, 0.1) is 11.4 Å². The van der Waals surface area contributed by atoms with E-state index in [4.69, 9.17) is 0 Å². The fourth-order valence-corrected chi connectivity index (χ4v) is 2.60. The summed E-state index contributed by atoms with van der Waals surface area (Å²) >= 11 is 1.47. The summed E-state index contributed by atoms with van der Waals surface area (Å²) in [5, 5.41) is 4.04. The van der Waals surface area contributed by atoms with Crippen molar-refractivity contribution in [3.8, 4) is 0 Å². The third-order valence-electron chi connectivity index (χ3n) is 3.04. The van der Waals surface area contributed by atoms with Gasteiger partial charge in [0, 0.05) is 24.5 Å². The molecule has 1 N–H and O–H groups in total. The highest BCUT2D eigenvalue weighted by molar-refractivity contribution is 8.02. The first kappa shape index (κ1) is 16.3. The molecule has 0 aliphatic carbocycles. The zero-order valence-corrected chi connectivity index (χ0v) is 13.4. The molecule has 116 valence electrons. The molecule has 0 aliphatic heterocycles. The molecular weight excluding hydrogens is 301 g/mol. The maximum Gasteiger partial charge on any atom is 0.212 e. The van der Waals surface area contributed by atoms with Crippen LogP contribution in [0.4, 0.5) is 4.39 Å². The molecule has 4 nitrogen and oxygen atoms in total. The zero-order valence-electron chi connectivity index (χ0n) is 12.5. The van der Waals surface area contributed by atoms with E-state index in [0.717, 1.165) is 18.0 Å². The van der Waals surface area contributed by atoms with Crippen LogP contribution >= 0.6 is 11.8 Å². The molecule has 0 aliphatic rings. The van der Waals surface area contributed by atoms with Crippen LogP contribution in [0.5, 0.6) is 0 Å². The maximum absolute atomic E-state index is 13.1. The van der Waals surface area contributed by atoms with Gasteiger partial charge in [-0.25, -0.2) is 9.37 Å². The first-order chi connectivity index (χ1) is 10.7. The van der Waals surface area contributed by atoms with Crippen molar-refractivity contribution in [3.63, 3.8) is 0 Å². The molecule has 0 saturated carbocycles. The van der Waals surface area contributed by atoms with E-state index in [1.54, 1.807) is 23.3 Å². The monoisotopic (exact) mass is 319 g/mol. The van der Waals surface area contributed by atoms with Crippen LogP contribution < -0.4 is 5.32 Å². The van der Waals surface area contributed by atoms with E-state index in [1.165, 1.54) is 36.0 Å². The van der Waals surface area contributed by atoms with Gasteiger partial charge in [0.25, 0.3) is 0 Å². The highest BCUT2D eigenvalue weighted by atomic mass is 32.2. The van der Waals surface area contributed by atoms with Crippen molar-refractivity contribution in [3.05, 3.63) is 59.4 Å². The standard InChI is InChI=1S/C16H18FN3OS/c1-3-8-19-16(22-2)14(20-10-9-18-11-20)15(21)12-4-6-13(17)7-5-12/h4-7,9-11,19H,3,8H2,1-2H3. The zero-order chi connectivity index (χ0) is 15.9. The molecule has 1 heterocycles. The van der Waals surface area contributed by atoms with E-state index in [2.05, 4.69) is 17.2 Å². The minimum atomic E-state index is -0.362. The Morgan fingerprint density at radius 3 is 2.64 bits per heavy atom. The average molecular weight is 319 g/mol. The average Bonchev–Trinajstić information content (AvgIpc) is 3.05. The van der Waals surface area contributed by atoms with E-state index >= 15 is 0 Å². The molecule has 22 heavy (non-hydrogen) atoms. The van der Waals surface area contributed by atoms with Gasteiger partial charge in [-0.2, -0.15) is 0 Å². The second kappa shape index (κ2) is 7.79. The summed E-state index contributed by atoms with van der Waals surface area (Å²) in [5.74, 6) is -0.537. The molecule has 0 fully saturated rings. The number of allylic oxidation sites excluding steroid dienone is 1. The minimum absolute atomic E-state index is 0.175. The lowest BCUT2D eigenvalue weighted by atomic mass is 10.1. The highest BCUT2D eigenvalue weighted by Crippen LogP contribution is 2.22. The van der Waals surface area contributed by atoms with E-state index in [9.17, 15) is 9.18 Å². The van der Waals surface area contributed by atoms with Gasteiger partial charge in [0.2, 0.25) is 5.78 Å². The topological polar surface area (TPSA) is 46.9 Å². The molecule has 0 saturated heterocycles. The van der Waals surface area contributed by atoms with Gasteiger partial charge in [-0.1, -0.05) is 6.92 Å². The number of hydrogen-bond acceptors (Lipinski definition) is 4. The second-order valence-electron chi connectivity index (χ2n) is 4.61. The number of hydrogen-bond donors (Lipinski definition) is 1. The van der Waals surface area contributed by atoms with Gasteiger partial charge in [0.1, 0.15) is 11.5 Å². The number of halogens is 1. The van der Waals surface area contributed by atoms with Crippen LogP contribution in [-0.4, -0.2) is 28.1 Å². The molecule has 0 unspecified atom stereocenters. The van der Waals surface area contributed by atoms with E-state index in [-0.39, 0.29) is 11.6 Å². The number of rotatable bonds is 7. The van der Waals surface area contributed by atoms with Gasteiger partial charge in [0.15, 0.2) is 0 Å². The summed E-state index contributed by atoms with van der Waals surface area (Å²) in [6, 6.07) is 5.56. The number of thioether (sulfide) groups is 1. The first-order valence-electron chi connectivity index (χ1n) is 6.98. The number of ketones is 1. The second-order valence-corrected chi connectivity index (χ2v) is 5.43. The van der Waals surface area contributed by atoms with Gasteiger partial charge in [-0.3, -0.25) is 4.79 Å². The van der Waals surface area contributed by atoms with Crippen molar-refractivity contribution in [2.75, 3.05) is 12.8 Å². The molecule has 0 amide bonds. The Labute approximate surface area is 133 Å². The Kier molecular flexibility index (Phi) is 5.77. The third kappa shape index (κ3) is 3.76. The van der Waals surface area contributed by atoms with Crippen LogP contribution in [0.25, 0.3) is 5.70 Å². The summed E-state index contributed by atoms with van der Waals surface area (Å²) in [6.45, 7) is 2.83. The minimum Gasteiger partial charge on any atom is -0.378 e. The lowest BCUT2D eigenvalue weighted by molar-refractivity contribution is 0.105. The number of carbonyl (C=O) groups is 1. The van der Waals surface area contributed by atoms with Gasteiger partial charge in [-0.05, 0) is 36.9 Å². The predicted molar refractivity (Wildman–Crippen MR) is 88.0 cm³/mol. The van der Waals surface area contributed by atoms with Crippen LogP contribution in [0.1, 0.15) is 23.7 Å². The number of benzene rings is 1. The van der Waals surface area contributed by atoms with E-state index in [1.807, 2.05) is 6.26 Å². The van der Waals surface area contributed by atoms with Crippen molar-refractivity contribution in [1.82, 2.24) is 14.9 Å². The van der Waals surface area contributed by atoms with Crippen molar-refractivity contribution < 1.29 is 9.18 Å². The lowest BCUT2D eigenvalue weighted by Gasteiger charge is -2.15. The summed E-state index contributed by atoms with van der Waals surface area (Å²) in [6.07, 6.45) is 7.79. The van der Waals surface area contributed by atoms with E-state index < -0.39 is 0 Å². The van der Waals surface area contributed by atoms with Crippen LogP contribution in [0.2, 0.25) is 0 Å². The molecule has 0 radical (unpaired) electrons. The quantitative estimate of drug-likeness (QED) is 0.628. The van der Waals surface area contributed by atoms with Crippen molar-refractivity contribution in [2.24, 2.45) is 0 Å². The Bertz CT molecular complexity index is 651. The Hall–Kier alpha value is -2.08.